The van der Waals surface area contributed by atoms with E-state index in [0.29, 0.717) is 6.61 Å². The molecular weight excluding hydrogens is 199 g/mol. The lowest BCUT2D eigenvalue weighted by Gasteiger charge is -2.16. The Hall–Kier alpha value is 0.460. The molecule has 2 N–H and O–H groups in total. The predicted octanol–water partition coefficient (Wildman–Crippen LogP) is 1.45. The topological polar surface area (TPSA) is 38.5 Å². The Morgan fingerprint density at radius 3 is 2.00 bits per heavy atom. The lowest BCUT2D eigenvalue weighted by atomic mass is 10.4. The zero-order valence-electron chi connectivity index (χ0n) is 7.78. The van der Waals surface area contributed by atoms with Crippen LogP contribution in [0, 0.1) is 0 Å². The molecule has 0 radical (unpaired) electrons. The molecule has 0 aromatic rings. The van der Waals surface area contributed by atoms with E-state index in [-0.39, 0.29) is 24.8 Å². The molecule has 0 spiro atoms. The maximum Gasteiger partial charge on any atom is 0.0691 e. The molecule has 0 heterocycles. The third-order valence-corrected chi connectivity index (χ3v) is 1.63. The maximum absolute atomic E-state index is 4.88. The first kappa shape index (κ1) is 18.3. The molecule has 0 aliphatic rings. The second-order valence-electron chi connectivity index (χ2n) is 2.25. The molecule has 0 bridgehead atoms. The van der Waals surface area contributed by atoms with Crippen LogP contribution in [0.4, 0.5) is 0 Å². The summed E-state index contributed by atoms with van der Waals surface area (Å²) in [5.41, 5.74) is 0. The van der Waals surface area contributed by atoms with E-state index in [1.165, 1.54) is 0 Å². The summed E-state index contributed by atoms with van der Waals surface area (Å²) in [4.78, 5) is 6.80. The summed E-state index contributed by atoms with van der Waals surface area (Å²) >= 11 is 0. The average Bonchev–Trinajstić information content (AvgIpc) is 1.99. The van der Waals surface area contributed by atoms with Gasteiger partial charge >= 0.3 is 0 Å². The van der Waals surface area contributed by atoms with E-state index in [1.807, 2.05) is 0 Å². The van der Waals surface area contributed by atoms with Gasteiger partial charge in [0.1, 0.15) is 0 Å². The molecule has 0 aromatic carbocycles. The molecule has 0 fully saturated rings. The summed E-state index contributed by atoms with van der Waals surface area (Å²) in [6.45, 7) is 8.29. The van der Waals surface area contributed by atoms with Gasteiger partial charge in [0, 0.05) is 6.54 Å². The van der Waals surface area contributed by atoms with Gasteiger partial charge in [0.15, 0.2) is 0 Å². The molecule has 0 rings (SSSR count). The molecule has 0 atom stereocenters. The Balaban J connectivity index is -0.000000405. The molecule has 78 valence electrons. The van der Waals surface area contributed by atoms with Crippen LogP contribution in [-0.2, 0) is 4.84 Å². The van der Waals surface area contributed by atoms with Crippen LogP contribution in [0.25, 0.3) is 0 Å². The monoisotopic (exact) mass is 218 g/mol. The van der Waals surface area contributed by atoms with Gasteiger partial charge in [0.05, 0.1) is 6.61 Å². The SMILES string of the molecule is CCN(CC)CCCON.Cl.Cl. The molecule has 0 aliphatic heterocycles. The summed E-state index contributed by atoms with van der Waals surface area (Å²) in [7, 11) is 0. The second kappa shape index (κ2) is 14.0. The smallest absolute Gasteiger partial charge is 0.0691 e. The van der Waals surface area contributed by atoms with Crippen LogP contribution in [0.1, 0.15) is 20.3 Å². The van der Waals surface area contributed by atoms with E-state index in [1.54, 1.807) is 0 Å². The number of hydrogen-bond acceptors (Lipinski definition) is 3. The standard InChI is InChI=1S/C7H18N2O.2ClH/c1-3-9(4-2)6-5-7-10-8;;/h3-8H2,1-2H3;2*1H. The normalized spacial score (nSPS) is 9.00. The van der Waals surface area contributed by atoms with Gasteiger partial charge in [0.25, 0.3) is 0 Å². The highest BCUT2D eigenvalue weighted by atomic mass is 35.5. The third kappa shape index (κ3) is 10.5. The largest absolute Gasteiger partial charge is 0.305 e. The van der Waals surface area contributed by atoms with Crippen LogP contribution >= 0.6 is 24.8 Å². The van der Waals surface area contributed by atoms with Crippen LogP contribution in [0.2, 0.25) is 0 Å². The Morgan fingerprint density at radius 1 is 1.17 bits per heavy atom. The first-order valence-electron chi connectivity index (χ1n) is 3.89. The summed E-state index contributed by atoms with van der Waals surface area (Å²) < 4.78 is 0. The predicted molar refractivity (Wildman–Crippen MR) is 57.0 cm³/mol. The molecule has 0 saturated heterocycles. The molecule has 0 unspecified atom stereocenters. The number of rotatable bonds is 6. The fraction of sp³-hybridized carbons (Fsp3) is 1.00. The van der Waals surface area contributed by atoms with Gasteiger partial charge in [-0.25, -0.2) is 5.90 Å². The highest BCUT2D eigenvalue weighted by Gasteiger charge is 1.96. The van der Waals surface area contributed by atoms with Crippen molar-refractivity contribution in [3.05, 3.63) is 0 Å². The van der Waals surface area contributed by atoms with Crippen molar-refractivity contribution in [3.8, 4) is 0 Å². The number of nitrogens with zero attached hydrogens (tertiary/aromatic N) is 1. The van der Waals surface area contributed by atoms with E-state index >= 15 is 0 Å². The Kier molecular flexibility index (Phi) is 21.3. The van der Waals surface area contributed by atoms with Gasteiger partial charge in [-0.2, -0.15) is 0 Å². The Bertz CT molecular complexity index is 72.4. The van der Waals surface area contributed by atoms with Gasteiger partial charge in [-0.1, -0.05) is 13.8 Å². The van der Waals surface area contributed by atoms with Crippen LogP contribution < -0.4 is 5.90 Å². The number of halogens is 2. The van der Waals surface area contributed by atoms with Crippen molar-refractivity contribution in [1.29, 1.82) is 0 Å². The van der Waals surface area contributed by atoms with Crippen molar-refractivity contribution in [2.75, 3.05) is 26.2 Å². The third-order valence-electron chi connectivity index (χ3n) is 1.63. The minimum absolute atomic E-state index is 0. The molecule has 0 saturated carbocycles. The fourth-order valence-electron chi connectivity index (χ4n) is 0.911. The van der Waals surface area contributed by atoms with Crippen molar-refractivity contribution >= 4 is 24.8 Å². The lowest BCUT2D eigenvalue weighted by Crippen LogP contribution is -2.25. The van der Waals surface area contributed by atoms with E-state index in [9.17, 15) is 0 Å². The van der Waals surface area contributed by atoms with Crippen molar-refractivity contribution < 1.29 is 4.84 Å². The zero-order chi connectivity index (χ0) is 7.82. The maximum atomic E-state index is 4.88. The van der Waals surface area contributed by atoms with Crippen LogP contribution in [-0.4, -0.2) is 31.1 Å². The first-order valence-corrected chi connectivity index (χ1v) is 3.89. The van der Waals surface area contributed by atoms with Crippen molar-refractivity contribution in [1.82, 2.24) is 4.90 Å². The van der Waals surface area contributed by atoms with Crippen molar-refractivity contribution in [2.45, 2.75) is 20.3 Å². The minimum atomic E-state index is 0. The van der Waals surface area contributed by atoms with E-state index in [2.05, 4.69) is 23.6 Å². The van der Waals surface area contributed by atoms with E-state index in [0.717, 1.165) is 26.1 Å². The molecule has 12 heavy (non-hydrogen) atoms. The quantitative estimate of drug-likeness (QED) is 0.542. The first-order chi connectivity index (χ1) is 4.85. The second-order valence-corrected chi connectivity index (χ2v) is 2.25. The average molecular weight is 219 g/mol. The molecule has 3 nitrogen and oxygen atoms in total. The van der Waals surface area contributed by atoms with Crippen molar-refractivity contribution in [3.63, 3.8) is 0 Å². The van der Waals surface area contributed by atoms with E-state index < -0.39 is 0 Å². The molecule has 5 heteroatoms. The van der Waals surface area contributed by atoms with Crippen LogP contribution in [0.15, 0.2) is 0 Å². The van der Waals surface area contributed by atoms with Gasteiger partial charge in [-0.15, -0.1) is 24.8 Å². The Morgan fingerprint density at radius 2 is 1.67 bits per heavy atom. The molecule has 0 aromatic heterocycles. The molecular formula is C7H20Cl2N2O. The van der Waals surface area contributed by atoms with Crippen molar-refractivity contribution in [2.24, 2.45) is 5.90 Å². The summed E-state index contributed by atoms with van der Waals surface area (Å²) in [5, 5.41) is 0. The van der Waals surface area contributed by atoms with Gasteiger partial charge < -0.3 is 9.74 Å². The van der Waals surface area contributed by atoms with E-state index in [4.69, 9.17) is 5.90 Å². The zero-order valence-corrected chi connectivity index (χ0v) is 9.42. The van der Waals surface area contributed by atoms with Gasteiger partial charge in [-0.3, -0.25) is 0 Å². The van der Waals surface area contributed by atoms with Gasteiger partial charge in [0.2, 0.25) is 0 Å². The molecule has 0 aliphatic carbocycles. The highest BCUT2D eigenvalue weighted by Crippen LogP contribution is 1.89. The highest BCUT2D eigenvalue weighted by molar-refractivity contribution is 5.85. The summed E-state index contributed by atoms with van der Waals surface area (Å²) in [5.74, 6) is 4.88. The summed E-state index contributed by atoms with van der Waals surface area (Å²) in [6.07, 6.45) is 1.03. The number of nitrogens with two attached hydrogens (primary N) is 1. The number of hydrogen-bond donors (Lipinski definition) is 1. The van der Waals surface area contributed by atoms with Crippen LogP contribution in [0.3, 0.4) is 0 Å². The lowest BCUT2D eigenvalue weighted by molar-refractivity contribution is 0.125. The molecule has 0 amide bonds. The fourth-order valence-corrected chi connectivity index (χ4v) is 0.911. The van der Waals surface area contributed by atoms with Crippen LogP contribution in [0.5, 0.6) is 0 Å². The summed E-state index contributed by atoms with van der Waals surface area (Å²) in [6, 6.07) is 0. The Labute approximate surface area is 87.4 Å². The van der Waals surface area contributed by atoms with Gasteiger partial charge in [-0.05, 0) is 19.5 Å². The minimum Gasteiger partial charge on any atom is -0.305 e.